The van der Waals surface area contributed by atoms with E-state index < -0.39 is 0 Å². The summed E-state index contributed by atoms with van der Waals surface area (Å²) in [6.45, 7) is 1.02. The maximum absolute atomic E-state index is 5.17. The first-order valence-corrected chi connectivity index (χ1v) is 9.69. The smallest absolute Gasteiger partial charge is 0.0798 e. The number of fused-ring (bicyclic) bond motifs is 1. The molecule has 0 N–H and O–H groups in total. The fraction of sp³-hybridized carbons (Fsp3) is 0.435. The Morgan fingerprint density at radius 2 is 1.69 bits per heavy atom. The first-order chi connectivity index (χ1) is 12.6. The number of likely N-dealkylation sites (N-methyl/N-ethyl adjacent to an activating group) is 1. The number of hydrazone groups is 1. The first-order valence-electron chi connectivity index (χ1n) is 9.69. The van der Waals surface area contributed by atoms with Gasteiger partial charge >= 0.3 is 0 Å². The number of hydrogen-bond donors (Lipinski definition) is 0. The molecule has 1 heterocycles. The third kappa shape index (κ3) is 2.84. The van der Waals surface area contributed by atoms with Crippen LogP contribution in [0.3, 0.4) is 0 Å². The van der Waals surface area contributed by atoms with Crippen molar-refractivity contribution in [3.05, 3.63) is 71.8 Å². The number of rotatable bonds is 4. The predicted molar refractivity (Wildman–Crippen MR) is 108 cm³/mol. The Bertz CT molecular complexity index is 769. The van der Waals surface area contributed by atoms with Crippen molar-refractivity contribution in [2.45, 2.75) is 30.7 Å². The second kappa shape index (κ2) is 6.88. The van der Waals surface area contributed by atoms with Crippen LogP contribution < -0.4 is 0 Å². The van der Waals surface area contributed by atoms with Crippen LogP contribution in [0.1, 0.15) is 36.4 Å². The van der Waals surface area contributed by atoms with E-state index in [0.717, 1.165) is 6.54 Å². The lowest BCUT2D eigenvalue weighted by atomic mass is 9.62. The minimum absolute atomic E-state index is 0.0193. The molecule has 2 aromatic rings. The van der Waals surface area contributed by atoms with Crippen LogP contribution in [-0.4, -0.2) is 43.3 Å². The second-order valence-corrected chi connectivity index (χ2v) is 8.10. The van der Waals surface area contributed by atoms with Gasteiger partial charge < -0.3 is 4.90 Å². The van der Waals surface area contributed by atoms with Crippen molar-refractivity contribution in [3.63, 3.8) is 0 Å². The van der Waals surface area contributed by atoms with Crippen LogP contribution in [0, 0.1) is 5.92 Å². The number of hydrogen-bond acceptors (Lipinski definition) is 3. The highest BCUT2D eigenvalue weighted by Gasteiger charge is 2.50. The summed E-state index contributed by atoms with van der Waals surface area (Å²) in [5.74, 6) is 0.497. The SMILES string of the molecule is CN(C)CC1(c2ccccc2)CCCC2C1=NN(C)C2c1ccccc1. The fourth-order valence-electron chi connectivity index (χ4n) is 5.15. The summed E-state index contributed by atoms with van der Waals surface area (Å²) in [7, 11) is 6.51. The van der Waals surface area contributed by atoms with Crippen molar-refractivity contribution < 1.29 is 0 Å². The van der Waals surface area contributed by atoms with Crippen LogP contribution in [0.5, 0.6) is 0 Å². The van der Waals surface area contributed by atoms with Crippen molar-refractivity contribution in [1.82, 2.24) is 9.91 Å². The van der Waals surface area contributed by atoms with Gasteiger partial charge in [0.2, 0.25) is 0 Å². The molecule has 2 aromatic carbocycles. The molecule has 1 aliphatic heterocycles. The predicted octanol–water partition coefficient (Wildman–Crippen LogP) is 4.33. The summed E-state index contributed by atoms with van der Waals surface area (Å²) in [6, 6.07) is 22.3. The van der Waals surface area contributed by atoms with E-state index in [2.05, 4.69) is 91.7 Å². The molecule has 0 radical (unpaired) electrons. The molecule has 0 aromatic heterocycles. The Morgan fingerprint density at radius 3 is 2.35 bits per heavy atom. The Labute approximate surface area is 157 Å². The van der Waals surface area contributed by atoms with E-state index in [1.165, 1.54) is 36.1 Å². The van der Waals surface area contributed by atoms with Gasteiger partial charge in [0.1, 0.15) is 0 Å². The molecule has 1 aliphatic carbocycles. The second-order valence-electron chi connectivity index (χ2n) is 8.10. The fourth-order valence-corrected chi connectivity index (χ4v) is 5.15. The molecule has 3 unspecified atom stereocenters. The van der Waals surface area contributed by atoms with Gasteiger partial charge in [0.25, 0.3) is 0 Å². The topological polar surface area (TPSA) is 18.8 Å². The average Bonchev–Trinajstić information content (AvgIpc) is 3.00. The van der Waals surface area contributed by atoms with Gasteiger partial charge in [0.15, 0.2) is 0 Å². The van der Waals surface area contributed by atoms with E-state index in [4.69, 9.17) is 5.10 Å². The zero-order valence-electron chi connectivity index (χ0n) is 16.1. The van der Waals surface area contributed by atoms with Gasteiger partial charge in [-0.3, -0.25) is 5.01 Å². The Kier molecular flexibility index (Phi) is 4.58. The lowest BCUT2D eigenvalue weighted by Crippen LogP contribution is -2.49. The van der Waals surface area contributed by atoms with Crippen LogP contribution in [0.25, 0.3) is 0 Å². The van der Waals surface area contributed by atoms with Gasteiger partial charge in [-0.25, -0.2) is 0 Å². The molecule has 0 amide bonds. The molecular formula is C23H29N3. The Balaban J connectivity index is 1.79. The molecule has 3 atom stereocenters. The molecule has 4 rings (SSSR count). The van der Waals surface area contributed by atoms with Crippen LogP contribution >= 0.6 is 0 Å². The largest absolute Gasteiger partial charge is 0.308 e. The highest BCUT2D eigenvalue weighted by molar-refractivity contribution is 5.99. The van der Waals surface area contributed by atoms with E-state index in [1.54, 1.807) is 0 Å². The van der Waals surface area contributed by atoms with Gasteiger partial charge in [-0.2, -0.15) is 5.10 Å². The summed E-state index contributed by atoms with van der Waals surface area (Å²) in [5.41, 5.74) is 4.21. The zero-order valence-corrected chi connectivity index (χ0v) is 16.1. The van der Waals surface area contributed by atoms with Gasteiger partial charge in [-0.1, -0.05) is 67.1 Å². The molecule has 1 fully saturated rings. The highest BCUT2D eigenvalue weighted by Crippen LogP contribution is 2.49. The molecule has 0 saturated heterocycles. The Morgan fingerprint density at radius 1 is 1.04 bits per heavy atom. The zero-order chi connectivity index (χ0) is 18.1. The first kappa shape index (κ1) is 17.3. The summed E-state index contributed by atoms with van der Waals surface area (Å²) in [6.07, 6.45) is 3.66. The molecule has 2 aliphatic rings. The molecule has 136 valence electrons. The third-order valence-electron chi connectivity index (χ3n) is 6.06. The van der Waals surface area contributed by atoms with Gasteiger partial charge in [-0.15, -0.1) is 0 Å². The molecule has 3 nitrogen and oxygen atoms in total. The van der Waals surface area contributed by atoms with E-state index in [9.17, 15) is 0 Å². The number of benzene rings is 2. The van der Waals surface area contributed by atoms with E-state index in [1.807, 2.05) is 0 Å². The molecule has 3 heteroatoms. The highest BCUT2D eigenvalue weighted by atomic mass is 15.5. The van der Waals surface area contributed by atoms with Gasteiger partial charge in [0.05, 0.1) is 11.8 Å². The van der Waals surface area contributed by atoms with Crippen LogP contribution in [0.2, 0.25) is 0 Å². The van der Waals surface area contributed by atoms with Crippen LogP contribution in [-0.2, 0) is 5.41 Å². The standard InChI is InChI=1S/C23H29N3/c1-25(2)17-23(19-13-8-5-9-14-19)16-10-15-20-21(26(3)24-22(20)23)18-11-6-4-7-12-18/h4-9,11-14,20-21H,10,15-17H2,1-3H3. The summed E-state index contributed by atoms with van der Waals surface area (Å²) in [5, 5.41) is 7.39. The van der Waals surface area contributed by atoms with Gasteiger partial charge in [-0.05, 0) is 38.1 Å². The van der Waals surface area contributed by atoms with Crippen molar-refractivity contribution in [2.75, 3.05) is 27.7 Å². The normalized spacial score (nSPS) is 28.2. The maximum atomic E-state index is 5.17. The molecule has 26 heavy (non-hydrogen) atoms. The third-order valence-corrected chi connectivity index (χ3v) is 6.06. The summed E-state index contributed by atoms with van der Waals surface area (Å²) >= 11 is 0. The van der Waals surface area contributed by atoms with Crippen molar-refractivity contribution >= 4 is 5.71 Å². The minimum Gasteiger partial charge on any atom is -0.308 e. The van der Waals surface area contributed by atoms with Crippen LogP contribution in [0.4, 0.5) is 0 Å². The lowest BCUT2D eigenvalue weighted by Gasteiger charge is -2.43. The van der Waals surface area contributed by atoms with Crippen LogP contribution in [0.15, 0.2) is 65.8 Å². The average molecular weight is 348 g/mol. The lowest BCUT2D eigenvalue weighted by molar-refractivity contribution is 0.229. The molecule has 1 saturated carbocycles. The summed E-state index contributed by atoms with van der Waals surface area (Å²) in [4.78, 5) is 2.33. The maximum Gasteiger partial charge on any atom is 0.0798 e. The van der Waals surface area contributed by atoms with Crippen molar-refractivity contribution in [1.29, 1.82) is 0 Å². The molecule has 0 spiro atoms. The Hall–Kier alpha value is -2.13. The monoisotopic (exact) mass is 347 g/mol. The van der Waals surface area contributed by atoms with E-state index in [-0.39, 0.29) is 5.41 Å². The van der Waals surface area contributed by atoms with Gasteiger partial charge in [0, 0.05) is 24.9 Å². The van der Waals surface area contributed by atoms with Crippen molar-refractivity contribution in [2.24, 2.45) is 11.0 Å². The summed E-state index contributed by atoms with van der Waals surface area (Å²) < 4.78 is 0. The number of nitrogens with zero attached hydrogens (tertiary/aromatic N) is 3. The molecule has 0 bridgehead atoms. The van der Waals surface area contributed by atoms with E-state index in [0.29, 0.717) is 12.0 Å². The molecular weight excluding hydrogens is 318 g/mol. The van der Waals surface area contributed by atoms with E-state index >= 15 is 0 Å². The minimum atomic E-state index is 0.0193. The van der Waals surface area contributed by atoms with Crippen molar-refractivity contribution in [3.8, 4) is 0 Å². The quantitative estimate of drug-likeness (QED) is 0.820.